The molecule has 0 radical (unpaired) electrons. The Morgan fingerprint density at radius 2 is 2.21 bits per heavy atom. The molecule has 2 aromatic rings. The summed E-state index contributed by atoms with van der Waals surface area (Å²) in [7, 11) is 0. The first-order valence-electron chi connectivity index (χ1n) is 6.25. The highest BCUT2D eigenvalue weighted by atomic mass is 35.5. The zero-order chi connectivity index (χ0) is 13.7. The highest BCUT2D eigenvalue weighted by Gasteiger charge is 2.08. The van der Waals surface area contributed by atoms with Gasteiger partial charge in [-0.15, -0.1) is 11.3 Å². The van der Waals surface area contributed by atoms with Crippen molar-refractivity contribution in [2.24, 2.45) is 5.73 Å². The van der Waals surface area contributed by atoms with Crippen molar-refractivity contribution in [3.63, 3.8) is 0 Å². The number of rotatable bonds is 6. The van der Waals surface area contributed by atoms with Gasteiger partial charge in [0.25, 0.3) is 0 Å². The Bertz CT molecular complexity index is 530. The van der Waals surface area contributed by atoms with E-state index >= 15 is 0 Å². The third-order valence-electron chi connectivity index (χ3n) is 2.87. The summed E-state index contributed by atoms with van der Waals surface area (Å²) in [6.07, 6.45) is 3.53. The summed E-state index contributed by atoms with van der Waals surface area (Å²) >= 11 is 7.23. The maximum Gasteiger partial charge on any atom is 0.183 e. The number of hydrogen-bond acceptors (Lipinski definition) is 4. The lowest BCUT2D eigenvalue weighted by Crippen LogP contribution is -2.21. The van der Waals surface area contributed by atoms with Crippen molar-refractivity contribution in [1.29, 1.82) is 0 Å². The summed E-state index contributed by atoms with van der Waals surface area (Å²) in [6.45, 7) is 2.58. The quantitative estimate of drug-likeness (QED) is 0.885. The standard InChI is InChI=1S/C14H17ClN2OS/c1-2-11(16)7-10-5-3-4-6-13(10)18-9-12-8-17-14(15)19-12/h3-6,8,11H,2,7,9,16H2,1H3. The Morgan fingerprint density at radius 1 is 1.42 bits per heavy atom. The van der Waals surface area contributed by atoms with Gasteiger partial charge >= 0.3 is 0 Å². The molecule has 0 bridgehead atoms. The number of hydrogen-bond donors (Lipinski definition) is 1. The number of benzene rings is 1. The highest BCUT2D eigenvalue weighted by molar-refractivity contribution is 7.15. The van der Waals surface area contributed by atoms with E-state index in [1.165, 1.54) is 11.3 Å². The van der Waals surface area contributed by atoms with Gasteiger partial charge in [0.1, 0.15) is 12.4 Å². The highest BCUT2D eigenvalue weighted by Crippen LogP contribution is 2.23. The molecule has 1 aromatic carbocycles. The number of aromatic nitrogens is 1. The van der Waals surface area contributed by atoms with Crippen molar-refractivity contribution < 1.29 is 4.74 Å². The first-order chi connectivity index (χ1) is 9.19. The van der Waals surface area contributed by atoms with E-state index in [0.29, 0.717) is 11.1 Å². The van der Waals surface area contributed by atoms with Gasteiger partial charge in [-0.05, 0) is 24.5 Å². The molecule has 2 N–H and O–H groups in total. The fourth-order valence-corrected chi connectivity index (χ4v) is 2.63. The second-order valence-electron chi connectivity index (χ2n) is 4.35. The maximum atomic E-state index is 6.00. The van der Waals surface area contributed by atoms with Crippen LogP contribution in [0.5, 0.6) is 5.75 Å². The maximum absolute atomic E-state index is 6.00. The van der Waals surface area contributed by atoms with Crippen molar-refractivity contribution in [2.75, 3.05) is 0 Å². The number of nitrogens with zero attached hydrogens (tertiary/aromatic N) is 1. The van der Waals surface area contributed by atoms with Crippen LogP contribution in [-0.2, 0) is 13.0 Å². The van der Waals surface area contributed by atoms with Crippen LogP contribution in [0, 0.1) is 0 Å². The molecule has 0 saturated carbocycles. The second kappa shape index (κ2) is 6.89. The van der Waals surface area contributed by atoms with Crippen LogP contribution in [0.15, 0.2) is 30.5 Å². The molecule has 1 unspecified atom stereocenters. The second-order valence-corrected chi connectivity index (χ2v) is 6.05. The topological polar surface area (TPSA) is 48.1 Å². The lowest BCUT2D eigenvalue weighted by atomic mass is 10.0. The minimum absolute atomic E-state index is 0.169. The summed E-state index contributed by atoms with van der Waals surface area (Å²) in [6, 6.07) is 8.18. The van der Waals surface area contributed by atoms with Gasteiger partial charge in [-0.1, -0.05) is 36.7 Å². The molecule has 0 spiro atoms. The van der Waals surface area contributed by atoms with Crippen molar-refractivity contribution in [2.45, 2.75) is 32.4 Å². The van der Waals surface area contributed by atoms with Gasteiger partial charge in [0.2, 0.25) is 0 Å². The van der Waals surface area contributed by atoms with E-state index in [1.54, 1.807) is 6.20 Å². The normalized spacial score (nSPS) is 12.4. The average molecular weight is 297 g/mol. The summed E-state index contributed by atoms with van der Waals surface area (Å²) in [5.74, 6) is 0.885. The molecule has 2 rings (SSSR count). The van der Waals surface area contributed by atoms with Gasteiger partial charge in [-0.2, -0.15) is 0 Å². The molecule has 0 saturated heterocycles. The van der Waals surface area contributed by atoms with Gasteiger partial charge < -0.3 is 10.5 Å². The Kier molecular flexibility index (Phi) is 5.19. The summed E-state index contributed by atoms with van der Waals surface area (Å²) in [5, 5.41) is 0. The van der Waals surface area contributed by atoms with Crippen LogP contribution in [0.25, 0.3) is 0 Å². The number of para-hydroxylation sites is 1. The van der Waals surface area contributed by atoms with E-state index in [2.05, 4.69) is 18.0 Å². The SMILES string of the molecule is CCC(N)Cc1ccccc1OCc1cnc(Cl)s1. The van der Waals surface area contributed by atoms with Gasteiger partial charge in [-0.25, -0.2) is 4.98 Å². The predicted octanol–water partition coefficient (Wildman–Crippen LogP) is 3.66. The summed E-state index contributed by atoms with van der Waals surface area (Å²) < 4.78 is 6.38. The Hall–Kier alpha value is -1.10. The lowest BCUT2D eigenvalue weighted by Gasteiger charge is -2.13. The molecule has 1 atom stereocenters. The molecule has 0 amide bonds. The number of nitrogens with two attached hydrogens (primary N) is 1. The van der Waals surface area contributed by atoms with Crippen LogP contribution in [-0.4, -0.2) is 11.0 Å². The van der Waals surface area contributed by atoms with E-state index in [-0.39, 0.29) is 6.04 Å². The summed E-state index contributed by atoms with van der Waals surface area (Å²) in [5.41, 5.74) is 7.15. The van der Waals surface area contributed by atoms with Gasteiger partial charge in [0.05, 0.1) is 4.88 Å². The Balaban J connectivity index is 2.03. The van der Waals surface area contributed by atoms with Gasteiger partial charge in [0, 0.05) is 12.2 Å². The van der Waals surface area contributed by atoms with E-state index in [4.69, 9.17) is 22.1 Å². The van der Waals surface area contributed by atoms with Crippen molar-refractivity contribution in [3.05, 3.63) is 45.4 Å². The molecule has 0 fully saturated rings. The molecule has 0 aliphatic rings. The van der Waals surface area contributed by atoms with E-state index in [9.17, 15) is 0 Å². The third-order valence-corrected chi connectivity index (χ3v) is 3.96. The zero-order valence-corrected chi connectivity index (χ0v) is 12.4. The molecule has 1 heterocycles. The van der Waals surface area contributed by atoms with Crippen LogP contribution < -0.4 is 10.5 Å². The lowest BCUT2D eigenvalue weighted by molar-refractivity contribution is 0.305. The predicted molar refractivity (Wildman–Crippen MR) is 79.9 cm³/mol. The Morgan fingerprint density at radius 3 is 2.89 bits per heavy atom. The largest absolute Gasteiger partial charge is 0.488 e. The molecule has 3 nitrogen and oxygen atoms in total. The number of thiazole rings is 1. The monoisotopic (exact) mass is 296 g/mol. The summed E-state index contributed by atoms with van der Waals surface area (Å²) in [4.78, 5) is 5.01. The average Bonchev–Trinajstić information content (AvgIpc) is 2.83. The minimum Gasteiger partial charge on any atom is -0.488 e. The molecule has 102 valence electrons. The first kappa shape index (κ1) is 14.3. The van der Waals surface area contributed by atoms with Gasteiger partial charge in [0.15, 0.2) is 4.47 Å². The molecular weight excluding hydrogens is 280 g/mol. The number of ether oxygens (including phenoxy) is 1. The Labute approximate surface area is 122 Å². The minimum atomic E-state index is 0.169. The van der Waals surface area contributed by atoms with Gasteiger partial charge in [-0.3, -0.25) is 0 Å². The van der Waals surface area contributed by atoms with E-state index < -0.39 is 0 Å². The van der Waals surface area contributed by atoms with Crippen molar-refractivity contribution in [3.8, 4) is 5.75 Å². The van der Waals surface area contributed by atoms with Crippen molar-refractivity contribution >= 4 is 22.9 Å². The fraction of sp³-hybridized carbons (Fsp3) is 0.357. The third kappa shape index (κ3) is 4.20. The van der Waals surface area contributed by atoms with Crippen LogP contribution in [0.2, 0.25) is 4.47 Å². The van der Waals surface area contributed by atoms with Crippen LogP contribution >= 0.6 is 22.9 Å². The molecule has 0 aliphatic heterocycles. The first-order valence-corrected chi connectivity index (χ1v) is 7.45. The smallest absolute Gasteiger partial charge is 0.183 e. The molecule has 5 heteroatoms. The molecule has 1 aromatic heterocycles. The molecule has 0 aliphatic carbocycles. The van der Waals surface area contributed by atoms with E-state index in [0.717, 1.165) is 29.0 Å². The van der Waals surface area contributed by atoms with Crippen molar-refractivity contribution in [1.82, 2.24) is 4.98 Å². The number of halogens is 1. The zero-order valence-electron chi connectivity index (χ0n) is 10.8. The van der Waals surface area contributed by atoms with Crippen LogP contribution in [0.4, 0.5) is 0 Å². The van der Waals surface area contributed by atoms with Crippen LogP contribution in [0.3, 0.4) is 0 Å². The van der Waals surface area contributed by atoms with E-state index in [1.807, 2.05) is 18.2 Å². The molecule has 19 heavy (non-hydrogen) atoms. The van der Waals surface area contributed by atoms with Crippen LogP contribution in [0.1, 0.15) is 23.8 Å². The fourth-order valence-electron chi connectivity index (χ4n) is 1.74. The molecular formula is C14H17ClN2OS.